The van der Waals surface area contributed by atoms with Crippen LogP contribution in [0.4, 0.5) is 0 Å². The van der Waals surface area contributed by atoms with Crippen LogP contribution in [0.2, 0.25) is 0 Å². The number of hydrogen-bond acceptors (Lipinski definition) is 5. The zero-order valence-corrected chi connectivity index (χ0v) is 14.4. The van der Waals surface area contributed by atoms with Crippen LogP contribution in [0.15, 0.2) is 40.8 Å². The normalized spacial score (nSPS) is 21.3. The Morgan fingerprint density at radius 2 is 1.92 bits per heavy atom. The van der Waals surface area contributed by atoms with Crippen molar-refractivity contribution in [2.24, 2.45) is 0 Å². The lowest BCUT2D eigenvalue weighted by molar-refractivity contribution is -0.0592. The van der Waals surface area contributed by atoms with Crippen LogP contribution in [0.25, 0.3) is 21.0 Å². The molecule has 0 radical (unpaired) electrons. The first-order valence-corrected chi connectivity index (χ1v) is 8.82. The molecule has 1 aliphatic rings. The second kappa shape index (κ2) is 6.03. The number of aromatic nitrogens is 1. The largest absolute Gasteiger partial charge is 0.448 e. The third kappa shape index (κ3) is 2.83. The Kier molecular flexibility index (Phi) is 3.86. The van der Waals surface area contributed by atoms with Gasteiger partial charge in [-0.3, -0.25) is 4.79 Å². The van der Waals surface area contributed by atoms with E-state index in [9.17, 15) is 4.79 Å². The summed E-state index contributed by atoms with van der Waals surface area (Å²) in [5.74, 6) is 0.892. The van der Waals surface area contributed by atoms with Crippen LogP contribution in [0, 0.1) is 0 Å². The van der Waals surface area contributed by atoms with Crippen LogP contribution in [-0.4, -0.2) is 41.1 Å². The van der Waals surface area contributed by atoms with Gasteiger partial charge in [-0.05, 0) is 38.1 Å². The summed E-state index contributed by atoms with van der Waals surface area (Å²) in [6, 6.07) is 11.5. The predicted octanol–water partition coefficient (Wildman–Crippen LogP) is 3.81. The van der Waals surface area contributed by atoms with E-state index in [1.165, 1.54) is 0 Å². The van der Waals surface area contributed by atoms with Gasteiger partial charge in [-0.25, -0.2) is 4.98 Å². The molecule has 1 fully saturated rings. The van der Waals surface area contributed by atoms with Gasteiger partial charge in [0.1, 0.15) is 0 Å². The smallest absolute Gasteiger partial charge is 0.289 e. The zero-order chi connectivity index (χ0) is 16.7. The van der Waals surface area contributed by atoms with Gasteiger partial charge in [-0.2, -0.15) is 0 Å². The number of rotatable bonds is 2. The summed E-state index contributed by atoms with van der Waals surface area (Å²) in [4.78, 5) is 19.0. The summed E-state index contributed by atoms with van der Waals surface area (Å²) < 4.78 is 12.6. The van der Waals surface area contributed by atoms with Gasteiger partial charge in [0.05, 0.1) is 22.4 Å². The van der Waals surface area contributed by atoms with Crippen molar-refractivity contribution in [2.45, 2.75) is 26.1 Å². The third-order valence-corrected chi connectivity index (χ3v) is 5.08. The van der Waals surface area contributed by atoms with Crippen molar-refractivity contribution in [2.75, 3.05) is 13.1 Å². The summed E-state index contributed by atoms with van der Waals surface area (Å²) in [5.41, 5.74) is 0.942. The summed E-state index contributed by atoms with van der Waals surface area (Å²) >= 11 is 1.56. The molecule has 0 bridgehead atoms. The Morgan fingerprint density at radius 1 is 1.17 bits per heavy atom. The molecule has 0 N–H and O–H groups in total. The second-order valence-corrected chi connectivity index (χ2v) is 7.15. The summed E-state index contributed by atoms with van der Waals surface area (Å²) in [5, 5.41) is 0.791. The van der Waals surface area contributed by atoms with Gasteiger partial charge in [0.15, 0.2) is 16.5 Å². The van der Waals surface area contributed by atoms with Gasteiger partial charge in [-0.15, -0.1) is 11.3 Å². The van der Waals surface area contributed by atoms with Crippen molar-refractivity contribution in [3.05, 3.63) is 42.2 Å². The Bertz CT molecular complexity index is 842. The maximum Gasteiger partial charge on any atom is 0.289 e. The van der Waals surface area contributed by atoms with Crippen LogP contribution < -0.4 is 0 Å². The minimum atomic E-state index is -0.0932. The first-order valence-electron chi connectivity index (χ1n) is 8.00. The number of morpholine rings is 1. The molecule has 5 nitrogen and oxygen atoms in total. The molecule has 1 aromatic carbocycles. The molecule has 2 aromatic heterocycles. The molecule has 0 aliphatic carbocycles. The summed E-state index contributed by atoms with van der Waals surface area (Å²) in [6.45, 7) is 5.12. The molecule has 6 heteroatoms. The quantitative estimate of drug-likeness (QED) is 0.711. The molecule has 24 heavy (non-hydrogen) atoms. The fourth-order valence-electron chi connectivity index (χ4n) is 3.04. The molecule has 3 aromatic rings. The number of carbonyl (C=O) groups excluding carboxylic acids is 1. The van der Waals surface area contributed by atoms with Crippen molar-refractivity contribution < 1.29 is 13.9 Å². The van der Waals surface area contributed by atoms with E-state index in [1.807, 2.05) is 44.2 Å². The molecule has 1 saturated heterocycles. The molecule has 2 atom stereocenters. The van der Waals surface area contributed by atoms with Crippen LogP contribution >= 0.6 is 11.3 Å². The number of nitrogens with zero attached hydrogens (tertiary/aromatic N) is 2. The van der Waals surface area contributed by atoms with Crippen molar-refractivity contribution in [3.8, 4) is 10.8 Å². The van der Waals surface area contributed by atoms with E-state index in [4.69, 9.17) is 9.15 Å². The topological polar surface area (TPSA) is 55.6 Å². The minimum absolute atomic E-state index is 0.0383. The van der Waals surface area contributed by atoms with E-state index in [-0.39, 0.29) is 18.1 Å². The number of ether oxygens (including phenoxy) is 1. The predicted molar refractivity (Wildman–Crippen MR) is 93.2 cm³/mol. The number of benzene rings is 1. The highest BCUT2D eigenvalue weighted by atomic mass is 32.1. The number of carbonyl (C=O) groups is 1. The molecule has 0 saturated carbocycles. The van der Waals surface area contributed by atoms with E-state index >= 15 is 0 Å². The first kappa shape index (κ1) is 15.4. The molecule has 3 heterocycles. The fourth-order valence-corrected chi connectivity index (χ4v) is 3.97. The Balaban J connectivity index is 1.59. The van der Waals surface area contributed by atoms with E-state index in [0.29, 0.717) is 24.6 Å². The van der Waals surface area contributed by atoms with Crippen LogP contribution in [0.5, 0.6) is 0 Å². The van der Waals surface area contributed by atoms with E-state index in [0.717, 1.165) is 15.2 Å². The second-order valence-electron chi connectivity index (χ2n) is 6.12. The zero-order valence-electron chi connectivity index (χ0n) is 13.6. The van der Waals surface area contributed by atoms with Crippen molar-refractivity contribution in [1.29, 1.82) is 0 Å². The van der Waals surface area contributed by atoms with Gasteiger partial charge in [0.2, 0.25) is 0 Å². The van der Waals surface area contributed by atoms with E-state index in [2.05, 4.69) is 4.98 Å². The Labute approximate surface area is 143 Å². The lowest BCUT2D eigenvalue weighted by Gasteiger charge is -2.34. The maximum absolute atomic E-state index is 12.7. The number of amides is 1. The number of fused-ring (bicyclic) bond motifs is 1. The van der Waals surface area contributed by atoms with E-state index in [1.54, 1.807) is 22.3 Å². The average Bonchev–Trinajstić information content (AvgIpc) is 3.19. The molecular weight excluding hydrogens is 324 g/mol. The van der Waals surface area contributed by atoms with Crippen molar-refractivity contribution in [3.63, 3.8) is 0 Å². The number of furan rings is 1. The molecule has 2 unspecified atom stereocenters. The third-order valence-electron chi connectivity index (χ3n) is 4.03. The van der Waals surface area contributed by atoms with E-state index < -0.39 is 0 Å². The van der Waals surface area contributed by atoms with Gasteiger partial charge in [0, 0.05) is 13.1 Å². The average molecular weight is 342 g/mol. The Hall–Kier alpha value is -2.18. The molecule has 124 valence electrons. The molecule has 1 aliphatic heterocycles. The van der Waals surface area contributed by atoms with Gasteiger partial charge >= 0.3 is 0 Å². The molecule has 1 amide bonds. The van der Waals surface area contributed by atoms with Gasteiger partial charge in [-0.1, -0.05) is 12.1 Å². The SMILES string of the molecule is CC1CN(C(=O)c2ccc(-c3nc4ccccc4s3)o2)CC(C)O1. The molecule has 0 spiro atoms. The highest BCUT2D eigenvalue weighted by Gasteiger charge is 2.28. The summed E-state index contributed by atoms with van der Waals surface area (Å²) in [6.07, 6.45) is 0.0767. The Morgan fingerprint density at radius 3 is 2.67 bits per heavy atom. The maximum atomic E-state index is 12.7. The standard InChI is InChI=1S/C18H18N2O3S/c1-11-9-20(10-12(2)22-11)18(21)15-8-7-14(23-15)17-19-13-5-3-4-6-16(13)24-17/h3-8,11-12H,9-10H2,1-2H3. The highest BCUT2D eigenvalue weighted by Crippen LogP contribution is 2.31. The number of hydrogen-bond donors (Lipinski definition) is 0. The van der Waals surface area contributed by atoms with Crippen molar-refractivity contribution >= 4 is 27.5 Å². The van der Waals surface area contributed by atoms with Crippen LogP contribution in [-0.2, 0) is 4.74 Å². The fraction of sp³-hybridized carbons (Fsp3) is 0.333. The molecular formula is C18H18N2O3S. The first-order chi connectivity index (χ1) is 11.6. The minimum Gasteiger partial charge on any atom is -0.448 e. The summed E-state index contributed by atoms with van der Waals surface area (Å²) in [7, 11) is 0. The molecule has 4 rings (SSSR count). The number of para-hydroxylation sites is 1. The van der Waals surface area contributed by atoms with Gasteiger partial charge < -0.3 is 14.1 Å². The lowest BCUT2D eigenvalue weighted by Crippen LogP contribution is -2.48. The highest BCUT2D eigenvalue weighted by molar-refractivity contribution is 7.21. The van der Waals surface area contributed by atoms with Crippen LogP contribution in [0.1, 0.15) is 24.4 Å². The number of thiazole rings is 1. The van der Waals surface area contributed by atoms with Crippen molar-refractivity contribution in [1.82, 2.24) is 9.88 Å². The lowest BCUT2D eigenvalue weighted by atomic mass is 10.2. The van der Waals surface area contributed by atoms with Gasteiger partial charge in [0.25, 0.3) is 5.91 Å². The monoisotopic (exact) mass is 342 g/mol. The van der Waals surface area contributed by atoms with Crippen LogP contribution in [0.3, 0.4) is 0 Å².